The van der Waals surface area contributed by atoms with Crippen LogP contribution in [0.1, 0.15) is 23.5 Å². The lowest BCUT2D eigenvalue weighted by Gasteiger charge is -2.31. The fourth-order valence-electron chi connectivity index (χ4n) is 2.72. The number of aromatic nitrogens is 2. The number of thiazole rings is 1. The summed E-state index contributed by atoms with van der Waals surface area (Å²) in [6.07, 6.45) is 0.806. The number of nitrogen functional groups attached to an aromatic ring is 1. The highest BCUT2D eigenvalue weighted by Crippen LogP contribution is 2.38. The zero-order chi connectivity index (χ0) is 14.6. The molecule has 3 aromatic rings. The third-order valence-corrected chi connectivity index (χ3v) is 4.86. The van der Waals surface area contributed by atoms with Gasteiger partial charge < -0.3 is 15.1 Å². The first-order valence-electron chi connectivity index (χ1n) is 6.69. The summed E-state index contributed by atoms with van der Waals surface area (Å²) in [5.74, 6) is -0.313. The van der Waals surface area contributed by atoms with Gasteiger partial charge in [0.05, 0.1) is 16.6 Å². The summed E-state index contributed by atoms with van der Waals surface area (Å²) in [5.41, 5.74) is 7.97. The van der Waals surface area contributed by atoms with Gasteiger partial charge in [-0.2, -0.15) is 4.98 Å². The third kappa shape index (κ3) is 1.96. The van der Waals surface area contributed by atoms with Gasteiger partial charge in [0.25, 0.3) is 6.01 Å². The van der Waals surface area contributed by atoms with E-state index >= 15 is 0 Å². The topological polar surface area (TPSA) is 68.2 Å². The van der Waals surface area contributed by atoms with E-state index in [-0.39, 0.29) is 11.9 Å². The van der Waals surface area contributed by atoms with Crippen molar-refractivity contribution in [2.75, 3.05) is 17.2 Å². The number of nitrogens with two attached hydrogens (primary N) is 1. The minimum Gasteiger partial charge on any atom is -0.423 e. The molecule has 0 spiro atoms. The van der Waals surface area contributed by atoms with Crippen LogP contribution >= 0.6 is 11.3 Å². The average Bonchev–Trinajstić information content (AvgIpc) is 3.01. The molecule has 1 atom stereocenters. The number of hydrogen-bond donors (Lipinski definition) is 1. The Labute approximate surface area is 124 Å². The number of oxazole rings is 1. The van der Waals surface area contributed by atoms with E-state index in [4.69, 9.17) is 10.2 Å². The molecule has 21 heavy (non-hydrogen) atoms. The summed E-state index contributed by atoms with van der Waals surface area (Å²) < 4.78 is 19.0. The molecule has 0 radical (unpaired) electrons. The molecule has 2 aromatic heterocycles. The number of benzene rings is 1. The van der Waals surface area contributed by atoms with Crippen molar-refractivity contribution in [1.82, 2.24) is 9.97 Å². The largest absolute Gasteiger partial charge is 0.423 e. The van der Waals surface area contributed by atoms with Gasteiger partial charge in [-0.15, -0.1) is 0 Å². The van der Waals surface area contributed by atoms with Crippen LogP contribution in [0.3, 0.4) is 0 Å². The standard InChI is InChI=1S/C14H13FN4OS/c1-7-12-9(17-13(16)21-12)4-5-19(7)14-18-10-6-8(15)2-3-11(10)20-14/h2-3,6-7H,4-5H2,1H3,(H2,16,17)/t7-/m0/s1. The molecular formula is C14H13FN4OS. The molecular weight excluding hydrogens is 291 g/mol. The van der Waals surface area contributed by atoms with Crippen LogP contribution in [0, 0.1) is 5.82 Å². The summed E-state index contributed by atoms with van der Waals surface area (Å²) >= 11 is 1.50. The van der Waals surface area contributed by atoms with E-state index in [1.54, 1.807) is 6.07 Å². The Balaban J connectivity index is 1.75. The normalized spacial score (nSPS) is 18.2. The maximum atomic E-state index is 13.2. The van der Waals surface area contributed by atoms with Crippen molar-refractivity contribution in [2.45, 2.75) is 19.4 Å². The minimum atomic E-state index is -0.313. The third-order valence-electron chi connectivity index (χ3n) is 3.76. The Hall–Kier alpha value is -2.15. The molecule has 0 bridgehead atoms. The molecule has 1 aliphatic rings. The summed E-state index contributed by atoms with van der Waals surface area (Å²) in [7, 11) is 0. The highest BCUT2D eigenvalue weighted by atomic mass is 32.1. The minimum absolute atomic E-state index is 0.0986. The van der Waals surface area contributed by atoms with E-state index < -0.39 is 0 Å². The Morgan fingerprint density at radius 2 is 2.29 bits per heavy atom. The predicted octanol–water partition coefficient (Wildman–Crippen LogP) is 3.13. The van der Waals surface area contributed by atoms with Crippen LogP contribution < -0.4 is 10.6 Å². The number of nitrogens with zero attached hydrogens (tertiary/aromatic N) is 3. The highest BCUT2D eigenvalue weighted by molar-refractivity contribution is 7.15. The molecule has 4 rings (SSSR count). The molecule has 1 aromatic carbocycles. The van der Waals surface area contributed by atoms with Gasteiger partial charge in [0.15, 0.2) is 10.7 Å². The fourth-order valence-corrected chi connectivity index (χ4v) is 3.67. The van der Waals surface area contributed by atoms with Crippen LogP contribution in [0.5, 0.6) is 0 Å². The molecule has 0 aliphatic carbocycles. The van der Waals surface area contributed by atoms with Gasteiger partial charge in [-0.25, -0.2) is 9.37 Å². The summed E-state index contributed by atoms with van der Waals surface area (Å²) in [4.78, 5) is 12.0. The van der Waals surface area contributed by atoms with E-state index in [1.165, 1.54) is 23.5 Å². The zero-order valence-electron chi connectivity index (χ0n) is 11.3. The van der Waals surface area contributed by atoms with Crippen molar-refractivity contribution < 1.29 is 8.81 Å². The number of fused-ring (bicyclic) bond motifs is 2. The van der Waals surface area contributed by atoms with Crippen molar-refractivity contribution in [3.8, 4) is 0 Å². The van der Waals surface area contributed by atoms with Crippen LogP contribution in [0.15, 0.2) is 22.6 Å². The first kappa shape index (κ1) is 12.6. The Bertz CT molecular complexity index is 828. The smallest absolute Gasteiger partial charge is 0.298 e. The van der Waals surface area contributed by atoms with E-state index in [0.29, 0.717) is 22.2 Å². The second-order valence-corrected chi connectivity index (χ2v) is 6.15. The summed E-state index contributed by atoms with van der Waals surface area (Å²) in [5, 5.41) is 0.591. The number of anilines is 2. The molecule has 0 fully saturated rings. The highest BCUT2D eigenvalue weighted by Gasteiger charge is 2.30. The Morgan fingerprint density at radius 3 is 3.14 bits per heavy atom. The predicted molar refractivity (Wildman–Crippen MR) is 80.0 cm³/mol. The van der Waals surface area contributed by atoms with E-state index in [2.05, 4.69) is 21.8 Å². The van der Waals surface area contributed by atoms with Crippen molar-refractivity contribution in [3.63, 3.8) is 0 Å². The molecule has 108 valence electrons. The van der Waals surface area contributed by atoms with Crippen LogP contribution in [0.2, 0.25) is 0 Å². The van der Waals surface area contributed by atoms with Crippen molar-refractivity contribution in [1.29, 1.82) is 0 Å². The molecule has 0 unspecified atom stereocenters. The van der Waals surface area contributed by atoms with Gasteiger partial charge in [-0.05, 0) is 19.1 Å². The van der Waals surface area contributed by atoms with Gasteiger partial charge >= 0.3 is 0 Å². The van der Waals surface area contributed by atoms with E-state index in [9.17, 15) is 4.39 Å². The van der Waals surface area contributed by atoms with Gasteiger partial charge in [0.2, 0.25) is 0 Å². The molecule has 0 saturated carbocycles. The Morgan fingerprint density at radius 1 is 1.43 bits per heavy atom. The second kappa shape index (κ2) is 4.42. The van der Waals surface area contributed by atoms with Gasteiger partial charge in [-0.3, -0.25) is 0 Å². The Kier molecular flexibility index (Phi) is 2.65. The van der Waals surface area contributed by atoms with Crippen molar-refractivity contribution in [3.05, 3.63) is 34.6 Å². The molecule has 3 heterocycles. The second-order valence-electron chi connectivity index (χ2n) is 5.09. The van der Waals surface area contributed by atoms with E-state index in [1.807, 2.05) is 0 Å². The van der Waals surface area contributed by atoms with Crippen LogP contribution in [0.4, 0.5) is 15.5 Å². The monoisotopic (exact) mass is 304 g/mol. The summed E-state index contributed by atoms with van der Waals surface area (Å²) in [6.45, 7) is 2.83. The van der Waals surface area contributed by atoms with Crippen molar-refractivity contribution >= 4 is 33.6 Å². The number of halogens is 1. The lowest BCUT2D eigenvalue weighted by molar-refractivity contribution is 0.519. The van der Waals surface area contributed by atoms with Crippen LogP contribution in [0.25, 0.3) is 11.1 Å². The molecule has 7 heteroatoms. The quantitative estimate of drug-likeness (QED) is 0.748. The first-order valence-corrected chi connectivity index (χ1v) is 7.51. The van der Waals surface area contributed by atoms with Gasteiger partial charge in [0.1, 0.15) is 11.3 Å². The van der Waals surface area contributed by atoms with E-state index in [0.717, 1.165) is 23.5 Å². The van der Waals surface area contributed by atoms with Crippen molar-refractivity contribution in [2.24, 2.45) is 0 Å². The number of hydrogen-bond acceptors (Lipinski definition) is 6. The molecule has 0 amide bonds. The number of rotatable bonds is 1. The molecule has 1 aliphatic heterocycles. The molecule has 2 N–H and O–H groups in total. The summed E-state index contributed by atoms with van der Waals surface area (Å²) in [6, 6.07) is 4.97. The van der Waals surface area contributed by atoms with Crippen LogP contribution in [-0.4, -0.2) is 16.5 Å². The zero-order valence-corrected chi connectivity index (χ0v) is 12.2. The maximum Gasteiger partial charge on any atom is 0.298 e. The fraction of sp³-hybridized carbons (Fsp3) is 0.286. The first-order chi connectivity index (χ1) is 10.1. The van der Waals surface area contributed by atoms with Crippen LogP contribution in [-0.2, 0) is 6.42 Å². The molecule has 5 nitrogen and oxygen atoms in total. The lowest BCUT2D eigenvalue weighted by Crippen LogP contribution is -2.33. The lowest BCUT2D eigenvalue weighted by atomic mass is 10.1. The van der Waals surface area contributed by atoms with Gasteiger partial charge in [-0.1, -0.05) is 11.3 Å². The SMILES string of the molecule is C[C@H]1c2sc(N)nc2CCN1c1nc2cc(F)ccc2o1. The van der Waals surface area contributed by atoms with Gasteiger partial charge in [0, 0.05) is 19.0 Å². The molecule has 0 saturated heterocycles. The maximum absolute atomic E-state index is 13.2. The average molecular weight is 304 g/mol.